The van der Waals surface area contributed by atoms with E-state index in [-0.39, 0.29) is 11.8 Å². The maximum absolute atomic E-state index is 12.4. The Hall–Kier alpha value is -1.88. The van der Waals surface area contributed by atoms with Crippen LogP contribution >= 0.6 is 0 Å². The predicted molar refractivity (Wildman–Crippen MR) is 93.5 cm³/mol. The van der Waals surface area contributed by atoms with Gasteiger partial charge in [-0.05, 0) is 30.4 Å². The molecule has 132 valence electrons. The zero-order chi connectivity index (χ0) is 17.7. The first-order valence-electron chi connectivity index (χ1n) is 8.69. The molecule has 0 saturated carbocycles. The van der Waals surface area contributed by atoms with Gasteiger partial charge in [-0.1, -0.05) is 38.1 Å². The third-order valence-corrected chi connectivity index (χ3v) is 4.32. The molecular weight excluding hydrogens is 304 g/mol. The lowest BCUT2D eigenvalue weighted by Crippen LogP contribution is -2.52. The molecule has 0 radical (unpaired) electrons. The van der Waals surface area contributed by atoms with E-state index in [0.29, 0.717) is 38.5 Å². The molecule has 2 amide bonds. The van der Waals surface area contributed by atoms with Crippen LogP contribution in [0.25, 0.3) is 0 Å². The fraction of sp³-hybridized carbons (Fsp3) is 0.579. The molecule has 1 atom stereocenters. The second-order valence-electron chi connectivity index (χ2n) is 6.97. The van der Waals surface area contributed by atoms with E-state index in [4.69, 9.17) is 0 Å². The summed E-state index contributed by atoms with van der Waals surface area (Å²) in [5.74, 6) is 0.455. The topological polar surface area (TPSA) is 60.9 Å². The quantitative estimate of drug-likeness (QED) is 0.888. The molecule has 1 fully saturated rings. The molecule has 0 aromatic heterocycles. The number of carbonyl (C=O) groups excluding carboxylic acids is 2. The van der Waals surface area contributed by atoms with E-state index >= 15 is 0 Å². The zero-order valence-electron chi connectivity index (χ0n) is 14.9. The van der Waals surface area contributed by atoms with Crippen molar-refractivity contribution in [2.24, 2.45) is 5.92 Å². The minimum Gasteiger partial charge on any atom is -0.384 e. The SMILES string of the molecule is CC(C)Cc1ccc(CC(=O)N2CCN(C(=O)C(C)O)CC2)cc1. The first-order valence-corrected chi connectivity index (χ1v) is 8.69. The molecule has 2 rings (SSSR count). The molecule has 1 heterocycles. The average Bonchev–Trinajstić information content (AvgIpc) is 2.55. The lowest BCUT2D eigenvalue weighted by Gasteiger charge is -2.35. The van der Waals surface area contributed by atoms with Crippen molar-refractivity contribution in [3.8, 4) is 0 Å². The summed E-state index contributed by atoms with van der Waals surface area (Å²) < 4.78 is 0. The van der Waals surface area contributed by atoms with Gasteiger partial charge in [0.2, 0.25) is 5.91 Å². The maximum atomic E-state index is 12.4. The summed E-state index contributed by atoms with van der Waals surface area (Å²) in [4.78, 5) is 27.6. The zero-order valence-corrected chi connectivity index (χ0v) is 14.9. The van der Waals surface area contributed by atoms with E-state index in [1.807, 2.05) is 12.1 Å². The molecule has 1 N–H and O–H groups in total. The van der Waals surface area contributed by atoms with Crippen LogP contribution in [0.3, 0.4) is 0 Å². The minimum absolute atomic E-state index is 0.0933. The molecule has 0 bridgehead atoms. The van der Waals surface area contributed by atoms with Gasteiger partial charge in [0.05, 0.1) is 6.42 Å². The summed E-state index contributed by atoms with van der Waals surface area (Å²) in [6, 6.07) is 8.26. The molecule has 1 aliphatic rings. The van der Waals surface area contributed by atoms with Gasteiger partial charge in [-0.25, -0.2) is 0 Å². The molecule has 24 heavy (non-hydrogen) atoms. The van der Waals surface area contributed by atoms with Crippen LogP contribution in [0.4, 0.5) is 0 Å². The van der Waals surface area contributed by atoms with Crippen molar-refractivity contribution in [1.82, 2.24) is 9.80 Å². The largest absolute Gasteiger partial charge is 0.384 e. The average molecular weight is 332 g/mol. The van der Waals surface area contributed by atoms with Gasteiger partial charge in [0.15, 0.2) is 0 Å². The Kier molecular flexibility index (Phi) is 6.37. The molecule has 0 spiro atoms. The van der Waals surface area contributed by atoms with E-state index in [1.165, 1.54) is 12.5 Å². The van der Waals surface area contributed by atoms with E-state index < -0.39 is 6.10 Å². The Morgan fingerprint density at radius 3 is 1.96 bits per heavy atom. The molecule has 5 nitrogen and oxygen atoms in total. The van der Waals surface area contributed by atoms with Gasteiger partial charge in [-0.3, -0.25) is 9.59 Å². The highest BCUT2D eigenvalue weighted by molar-refractivity contribution is 5.81. The molecular formula is C19H28N2O3. The van der Waals surface area contributed by atoms with Gasteiger partial charge in [0.25, 0.3) is 5.91 Å². The van der Waals surface area contributed by atoms with Crippen molar-refractivity contribution in [1.29, 1.82) is 0 Å². The monoisotopic (exact) mass is 332 g/mol. The predicted octanol–water partition coefficient (Wildman–Crippen LogP) is 1.48. The Balaban J connectivity index is 1.84. The highest BCUT2D eigenvalue weighted by Crippen LogP contribution is 2.12. The Bertz CT molecular complexity index is 558. The summed E-state index contributed by atoms with van der Waals surface area (Å²) in [6.07, 6.45) is 0.469. The van der Waals surface area contributed by atoms with Crippen LogP contribution in [0, 0.1) is 5.92 Å². The van der Waals surface area contributed by atoms with Gasteiger partial charge >= 0.3 is 0 Å². The smallest absolute Gasteiger partial charge is 0.251 e. The van der Waals surface area contributed by atoms with Gasteiger partial charge in [-0.15, -0.1) is 0 Å². The Morgan fingerprint density at radius 1 is 0.958 bits per heavy atom. The molecule has 0 aliphatic carbocycles. The van der Waals surface area contributed by atoms with Crippen molar-refractivity contribution < 1.29 is 14.7 Å². The summed E-state index contributed by atoms with van der Waals surface area (Å²) in [5, 5.41) is 9.35. The van der Waals surface area contributed by atoms with Crippen LogP contribution in [0.5, 0.6) is 0 Å². The molecule has 1 aromatic rings. The number of carbonyl (C=O) groups is 2. The van der Waals surface area contributed by atoms with Gasteiger partial charge in [-0.2, -0.15) is 0 Å². The number of amides is 2. The fourth-order valence-electron chi connectivity index (χ4n) is 2.99. The van der Waals surface area contributed by atoms with Gasteiger partial charge < -0.3 is 14.9 Å². The summed E-state index contributed by atoms with van der Waals surface area (Å²) >= 11 is 0. The normalized spacial score (nSPS) is 16.4. The molecule has 1 unspecified atom stereocenters. The van der Waals surface area contributed by atoms with Crippen LogP contribution < -0.4 is 0 Å². The standard InChI is InChI=1S/C19H28N2O3/c1-14(2)12-16-4-6-17(7-5-16)13-18(23)20-8-10-21(11-9-20)19(24)15(3)22/h4-7,14-15,22H,8-13H2,1-3H3. The summed E-state index contributed by atoms with van der Waals surface area (Å²) in [7, 11) is 0. The number of aliphatic hydroxyl groups is 1. The highest BCUT2D eigenvalue weighted by Gasteiger charge is 2.25. The molecule has 1 aliphatic heterocycles. The number of nitrogens with zero attached hydrogens (tertiary/aromatic N) is 2. The van der Waals surface area contributed by atoms with Crippen LogP contribution in [-0.2, 0) is 22.4 Å². The highest BCUT2D eigenvalue weighted by atomic mass is 16.3. The minimum atomic E-state index is -0.975. The van der Waals surface area contributed by atoms with Crippen molar-refractivity contribution in [3.05, 3.63) is 35.4 Å². The van der Waals surface area contributed by atoms with E-state index in [2.05, 4.69) is 26.0 Å². The number of hydrogen-bond acceptors (Lipinski definition) is 3. The molecule has 5 heteroatoms. The van der Waals surface area contributed by atoms with Crippen LogP contribution in [0.1, 0.15) is 31.9 Å². The lowest BCUT2D eigenvalue weighted by molar-refractivity contribution is -0.144. The number of hydrogen-bond donors (Lipinski definition) is 1. The Labute approximate surface area is 144 Å². The fourth-order valence-corrected chi connectivity index (χ4v) is 2.99. The van der Waals surface area contributed by atoms with Crippen LogP contribution in [-0.4, -0.2) is 59.0 Å². The third kappa shape index (κ3) is 5.06. The number of rotatable bonds is 5. The maximum Gasteiger partial charge on any atom is 0.251 e. The first-order chi connectivity index (χ1) is 11.4. The lowest BCUT2D eigenvalue weighted by atomic mass is 10.0. The summed E-state index contributed by atoms with van der Waals surface area (Å²) in [5.41, 5.74) is 2.32. The number of aliphatic hydroxyl groups excluding tert-OH is 1. The number of piperazine rings is 1. The van der Waals surface area contributed by atoms with E-state index in [0.717, 1.165) is 12.0 Å². The van der Waals surface area contributed by atoms with E-state index in [1.54, 1.807) is 9.80 Å². The second-order valence-corrected chi connectivity index (χ2v) is 6.97. The molecule has 1 saturated heterocycles. The van der Waals surface area contributed by atoms with Crippen molar-refractivity contribution in [2.45, 2.75) is 39.7 Å². The van der Waals surface area contributed by atoms with Crippen molar-refractivity contribution in [2.75, 3.05) is 26.2 Å². The third-order valence-electron chi connectivity index (χ3n) is 4.32. The second kappa shape index (κ2) is 8.29. The summed E-state index contributed by atoms with van der Waals surface area (Å²) in [6.45, 7) is 7.90. The Morgan fingerprint density at radius 2 is 1.46 bits per heavy atom. The molecule has 1 aromatic carbocycles. The van der Waals surface area contributed by atoms with Gasteiger partial charge in [0.1, 0.15) is 6.10 Å². The van der Waals surface area contributed by atoms with Crippen molar-refractivity contribution >= 4 is 11.8 Å². The number of benzene rings is 1. The van der Waals surface area contributed by atoms with Gasteiger partial charge in [0, 0.05) is 26.2 Å². The first kappa shape index (κ1) is 18.5. The van der Waals surface area contributed by atoms with Crippen molar-refractivity contribution in [3.63, 3.8) is 0 Å². The van der Waals surface area contributed by atoms with Crippen LogP contribution in [0.2, 0.25) is 0 Å². The van der Waals surface area contributed by atoms with Crippen LogP contribution in [0.15, 0.2) is 24.3 Å². The van der Waals surface area contributed by atoms with E-state index in [9.17, 15) is 14.7 Å².